The first-order valence-electron chi connectivity index (χ1n) is 18.1. The van der Waals surface area contributed by atoms with E-state index >= 15 is 0 Å². The highest BCUT2D eigenvalue weighted by Crippen LogP contribution is 2.48. The second kappa shape index (κ2) is 10.7. The lowest BCUT2D eigenvalue weighted by Gasteiger charge is -2.39. The number of ether oxygens (including phenoxy) is 2. The highest BCUT2D eigenvalue weighted by Gasteiger charge is 2.48. The van der Waals surface area contributed by atoms with Gasteiger partial charge in [-0.25, -0.2) is 0 Å². The Kier molecular flexibility index (Phi) is 6.11. The molecule has 3 aromatic heterocycles. The van der Waals surface area contributed by atoms with Gasteiger partial charge in [-0.3, -0.25) is 0 Å². The maximum atomic E-state index is 7.13. The quantitative estimate of drug-likeness (QED) is 0.166. The minimum atomic E-state index is 0.0397. The Morgan fingerprint density at radius 1 is 0.547 bits per heavy atom. The summed E-state index contributed by atoms with van der Waals surface area (Å²) >= 11 is 5.69. The van der Waals surface area contributed by atoms with Crippen molar-refractivity contribution in [2.75, 3.05) is 9.80 Å². The Bertz CT molecular complexity index is 2880. The predicted octanol–water partition coefficient (Wildman–Crippen LogP) is 9.07. The van der Waals surface area contributed by atoms with Crippen LogP contribution in [-0.2, 0) is 0 Å². The molecule has 0 saturated carbocycles. The largest absolute Gasteiger partial charge is 0.458 e. The monoisotopic (exact) mass is 736 g/mol. The minimum Gasteiger partial charge on any atom is -0.458 e. The van der Waals surface area contributed by atoms with Crippen molar-refractivity contribution < 1.29 is 9.47 Å². The number of benzene rings is 5. The molecule has 53 heavy (non-hydrogen) atoms. The third kappa shape index (κ3) is 3.97. The van der Waals surface area contributed by atoms with Gasteiger partial charge in [-0.1, -0.05) is 36.4 Å². The lowest BCUT2D eigenvalue weighted by atomic mass is 9.36. The molecule has 0 fully saturated rings. The van der Waals surface area contributed by atoms with Gasteiger partial charge < -0.3 is 19.3 Å². The summed E-state index contributed by atoms with van der Waals surface area (Å²) in [5.41, 5.74) is 14.8. The first-order chi connectivity index (χ1) is 25.9. The molecule has 0 aliphatic carbocycles. The van der Waals surface area contributed by atoms with E-state index in [1.54, 1.807) is 0 Å². The van der Waals surface area contributed by atoms with Crippen molar-refractivity contribution in [2.45, 2.75) is 27.7 Å². The first-order valence-corrected chi connectivity index (χ1v) is 20.6. The molecule has 7 heterocycles. The molecule has 0 amide bonds. The summed E-state index contributed by atoms with van der Waals surface area (Å²) in [7, 11) is 0. The first kappa shape index (κ1) is 30.3. The highest BCUT2D eigenvalue weighted by molar-refractivity contribution is 7.39. The number of rotatable bonds is 2. The van der Waals surface area contributed by atoms with Crippen molar-refractivity contribution in [1.29, 1.82) is 0 Å². The van der Waals surface area contributed by atoms with Crippen LogP contribution >= 0.6 is 34.0 Å². The minimum absolute atomic E-state index is 0.0397. The molecule has 4 aliphatic heterocycles. The zero-order chi connectivity index (χ0) is 35.3. The van der Waals surface area contributed by atoms with Gasteiger partial charge in [-0.05, 0) is 133 Å². The van der Waals surface area contributed by atoms with Gasteiger partial charge in [0.15, 0.2) is 0 Å². The van der Waals surface area contributed by atoms with E-state index in [1.807, 2.05) is 34.0 Å². The van der Waals surface area contributed by atoms with Gasteiger partial charge >= 0.3 is 0 Å². The molecule has 5 aromatic carbocycles. The Balaban J connectivity index is 1.12. The maximum Gasteiger partial charge on any atom is 0.281 e. The molecule has 4 aliphatic rings. The summed E-state index contributed by atoms with van der Waals surface area (Å²) in [4.78, 5) is 6.26. The van der Waals surface area contributed by atoms with Crippen molar-refractivity contribution in [3.8, 4) is 23.0 Å². The molecule has 0 radical (unpaired) electrons. The topological polar surface area (TPSA) is 24.9 Å². The number of nitrogens with zero attached hydrogens (tertiary/aromatic N) is 2. The highest BCUT2D eigenvalue weighted by atomic mass is 32.1. The zero-order valence-electron chi connectivity index (χ0n) is 29.5. The van der Waals surface area contributed by atoms with Crippen LogP contribution in [0.2, 0.25) is 0 Å². The lowest BCUT2D eigenvalue weighted by Crippen LogP contribution is -2.58. The summed E-state index contributed by atoms with van der Waals surface area (Å²) in [5, 5.41) is 3.42. The smallest absolute Gasteiger partial charge is 0.281 e. The predicted molar refractivity (Wildman–Crippen MR) is 228 cm³/mol. The number of fused-ring (bicyclic) bond motifs is 11. The van der Waals surface area contributed by atoms with Gasteiger partial charge in [-0.2, -0.15) is 22.7 Å². The molecular formula is C44H30B2N2O2S3. The third-order valence-electron chi connectivity index (χ3n) is 11.5. The fraction of sp³-hybridized carbons (Fsp3) is 0.0909. The molecular weight excluding hydrogens is 706 g/mol. The maximum absolute atomic E-state index is 7.13. The van der Waals surface area contributed by atoms with Gasteiger partial charge in [0.05, 0.1) is 11.4 Å². The lowest BCUT2D eigenvalue weighted by molar-refractivity contribution is 0.487. The van der Waals surface area contributed by atoms with Crippen LogP contribution in [-0.4, -0.2) is 13.4 Å². The van der Waals surface area contributed by atoms with Gasteiger partial charge in [0.1, 0.15) is 23.0 Å². The molecule has 9 heteroatoms. The number of anilines is 6. The molecule has 252 valence electrons. The average Bonchev–Trinajstić information content (AvgIpc) is 3.87. The van der Waals surface area contributed by atoms with E-state index in [2.05, 4.69) is 146 Å². The van der Waals surface area contributed by atoms with Gasteiger partial charge in [0.25, 0.3) is 13.4 Å². The van der Waals surface area contributed by atoms with Gasteiger partial charge in [-0.15, -0.1) is 11.3 Å². The molecule has 0 bridgehead atoms. The van der Waals surface area contributed by atoms with Crippen LogP contribution in [0.1, 0.15) is 21.6 Å². The van der Waals surface area contributed by atoms with Crippen molar-refractivity contribution in [1.82, 2.24) is 0 Å². The summed E-state index contributed by atoms with van der Waals surface area (Å²) in [5.74, 6) is 3.84. The van der Waals surface area contributed by atoms with Crippen molar-refractivity contribution in [2.24, 2.45) is 0 Å². The number of para-hydroxylation sites is 2. The van der Waals surface area contributed by atoms with E-state index in [0.717, 1.165) is 28.7 Å². The van der Waals surface area contributed by atoms with E-state index in [0.29, 0.717) is 0 Å². The van der Waals surface area contributed by atoms with Crippen LogP contribution in [0.5, 0.6) is 23.0 Å². The van der Waals surface area contributed by atoms with Crippen LogP contribution < -0.4 is 50.0 Å². The standard InChI is InChI=1S/C44H30B2N2O2S3/c1-23-19-31-37-35(22-23)50-40-29-15-16-33-38(41(29)53-44(40)46(37)42-30(17-18-51-42)47(31)27-11-7-5-8-12-27)45-36-32(20-24(2)21-34(36)49-33)48(28-13-9-6-10-14-28)39-25(3)26(4)52-43(39)45/h5-22H,1-4H3. The molecule has 0 N–H and O–H groups in total. The Labute approximate surface area is 320 Å². The third-order valence-corrected chi connectivity index (χ3v) is 15.0. The van der Waals surface area contributed by atoms with Gasteiger partial charge in [0, 0.05) is 52.0 Å². The number of hydrogen-bond donors (Lipinski definition) is 0. The summed E-state index contributed by atoms with van der Waals surface area (Å²) < 4.78 is 19.4. The van der Waals surface area contributed by atoms with Crippen LogP contribution in [0.25, 0.3) is 10.1 Å². The number of thiophene rings is 3. The molecule has 0 spiro atoms. The van der Waals surface area contributed by atoms with E-state index in [-0.39, 0.29) is 13.4 Å². The summed E-state index contributed by atoms with van der Waals surface area (Å²) in [6, 6.07) is 37.4. The molecule has 8 aromatic rings. The second-order valence-corrected chi connectivity index (χ2v) is 17.9. The SMILES string of the molecule is Cc1cc2c3c(c1)N(c1ccccc1)c1ccsc1B3c1sc3c4c(ccc3c1O2)Oc1cc(C)cc2c1B4c1sc(C)c(C)c1N2c1ccccc1. The fourth-order valence-electron chi connectivity index (χ4n) is 9.22. The van der Waals surface area contributed by atoms with Gasteiger partial charge in [0.2, 0.25) is 0 Å². The number of hydrogen-bond acceptors (Lipinski definition) is 7. The Morgan fingerprint density at radius 2 is 1.21 bits per heavy atom. The van der Waals surface area contributed by atoms with Crippen LogP contribution in [0.4, 0.5) is 34.1 Å². The Hall–Kier alpha value is -5.21. The molecule has 4 nitrogen and oxygen atoms in total. The van der Waals surface area contributed by atoms with E-state index in [4.69, 9.17) is 9.47 Å². The second-order valence-electron chi connectivity index (χ2n) is 14.6. The molecule has 0 unspecified atom stereocenters. The van der Waals surface area contributed by atoms with Crippen molar-refractivity contribution in [3.63, 3.8) is 0 Å². The molecule has 0 saturated heterocycles. The number of aryl methyl sites for hydroxylation is 3. The summed E-state index contributed by atoms with van der Waals surface area (Å²) in [6.45, 7) is 9.05. The van der Waals surface area contributed by atoms with Crippen LogP contribution in [0.3, 0.4) is 0 Å². The normalized spacial score (nSPS) is 14.2. The molecule has 0 atom stereocenters. The Morgan fingerprint density at radius 3 is 1.94 bits per heavy atom. The van der Waals surface area contributed by atoms with Crippen LogP contribution in [0, 0.1) is 27.7 Å². The molecule has 12 rings (SSSR count). The van der Waals surface area contributed by atoms with E-state index in [1.165, 1.54) is 90.8 Å². The fourth-order valence-corrected chi connectivity index (χ4v) is 13.0. The summed E-state index contributed by atoms with van der Waals surface area (Å²) in [6.07, 6.45) is 0. The van der Waals surface area contributed by atoms with E-state index in [9.17, 15) is 0 Å². The van der Waals surface area contributed by atoms with Crippen LogP contribution in [0.15, 0.2) is 109 Å². The van der Waals surface area contributed by atoms with Crippen molar-refractivity contribution in [3.05, 3.63) is 130 Å². The van der Waals surface area contributed by atoms with E-state index < -0.39 is 0 Å². The average molecular weight is 737 g/mol. The zero-order valence-corrected chi connectivity index (χ0v) is 31.9. The van der Waals surface area contributed by atoms with Crippen molar-refractivity contribution >= 4 is 122 Å².